The lowest BCUT2D eigenvalue weighted by Gasteiger charge is -2.12. The topological polar surface area (TPSA) is 92.5 Å². The van der Waals surface area contributed by atoms with Crippen LogP contribution in [0.5, 0.6) is 5.75 Å². The van der Waals surface area contributed by atoms with Crippen molar-refractivity contribution in [1.29, 1.82) is 0 Å². The van der Waals surface area contributed by atoms with Crippen molar-refractivity contribution in [2.45, 2.75) is 26.7 Å². The number of nitrogen functional groups attached to an aromatic ring is 1. The van der Waals surface area contributed by atoms with Crippen LogP contribution in [0.3, 0.4) is 0 Å². The number of rotatable bonds is 7. The van der Waals surface area contributed by atoms with Gasteiger partial charge in [-0.2, -0.15) is 10.1 Å². The third-order valence-corrected chi connectivity index (χ3v) is 4.40. The van der Waals surface area contributed by atoms with Crippen LogP contribution in [0.1, 0.15) is 25.6 Å². The number of aromatic nitrogens is 5. The molecular formula is C20H22N6O2. The van der Waals surface area contributed by atoms with E-state index in [0.29, 0.717) is 24.6 Å². The highest BCUT2D eigenvalue weighted by molar-refractivity contribution is 5.77. The summed E-state index contributed by atoms with van der Waals surface area (Å²) in [6.45, 7) is 4.94. The van der Waals surface area contributed by atoms with Crippen molar-refractivity contribution >= 4 is 11.6 Å². The average molecular weight is 378 g/mol. The standard InChI is InChI=1S/C20H22N6O2/c1-3-27-14(2)26-12-16(11-22-26)17-9-10-25-19(23-20(21)24-25)18(17)28-13-15-7-5-4-6-8-15/h4-12,14H,3,13H2,1-2H3,(H2,21,24). The third kappa shape index (κ3) is 3.54. The van der Waals surface area contributed by atoms with Gasteiger partial charge in [0.05, 0.1) is 6.20 Å². The van der Waals surface area contributed by atoms with Gasteiger partial charge in [-0.3, -0.25) is 0 Å². The molecule has 4 rings (SSSR count). The molecule has 0 aliphatic carbocycles. The van der Waals surface area contributed by atoms with E-state index in [4.69, 9.17) is 15.2 Å². The maximum atomic E-state index is 6.17. The molecule has 0 radical (unpaired) electrons. The van der Waals surface area contributed by atoms with E-state index >= 15 is 0 Å². The first-order valence-corrected chi connectivity index (χ1v) is 9.13. The zero-order chi connectivity index (χ0) is 19.5. The lowest BCUT2D eigenvalue weighted by molar-refractivity contribution is 0.0160. The molecule has 0 saturated carbocycles. The summed E-state index contributed by atoms with van der Waals surface area (Å²) in [5.41, 5.74) is 9.19. The number of benzene rings is 1. The molecular weight excluding hydrogens is 356 g/mol. The first kappa shape index (κ1) is 18.0. The quantitative estimate of drug-likeness (QED) is 0.530. The second kappa shape index (κ2) is 7.69. The van der Waals surface area contributed by atoms with E-state index in [1.807, 2.05) is 62.6 Å². The van der Waals surface area contributed by atoms with Gasteiger partial charge in [-0.05, 0) is 25.5 Å². The van der Waals surface area contributed by atoms with Crippen LogP contribution in [0.2, 0.25) is 0 Å². The van der Waals surface area contributed by atoms with Gasteiger partial charge in [0.1, 0.15) is 12.8 Å². The molecule has 0 bridgehead atoms. The Balaban J connectivity index is 1.73. The van der Waals surface area contributed by atoms with Crippen LogP contribution in [0, 0.1) is 0 Å². The number of fused-ring (bicyclic) bond motifs is 1. The predicted molar refractivity (Wildman–Crippen MR) is 106 cm³/mol. The first-order valence-electron chi connectivity index (χ1n) is 9.13. The van der Waals surface area contributed by atoms with Gasteiger partial charge in [-0.15, -0.1) is 5.10 Å². The predicted octanol–water partition coefficient (Wildman–Crippen LogP) is 3.31. The summed E-state index contributed by atoms with van der Waals surface area (Å²) >= 11 is 0. The molecule has 8 heteroatoms. The summed E-state index contributed by atoms with van der Waals surface area (Å²) in [7, 11) is 0. The number of anilines is 1. The number of hydrogen-bond donors (Lipinski definition) is 1. The van der Waals surface area contributed by atoms with Gasteiger partial charge >= 0.3 is 0 Å². The average Bonchev–Trinajstić information content (AvgIpc) is 3.33. The molecule has 1 unspecified atom stereocenters. The van der Waals surface area contributed by atoms with E-state index < -0.39 is 0 Å². The van der Waals surface area contributed by atoms with Crippen molar-refractivity contribution in [3.05, 3.63) is 60.6 Å². The summed E-state index contributed by atoms with van der Waals surface area (Å²) in [6.07, 6.45) is 5.38. The second-order valence-corrected chi connectivity index (χ2v) is 6.33. The fraction of sp³-hybridized carbons (Fsp3) is 0.250. The summed E-state index contributed by atoms with van der Waals surface area (Å²) < 4.78 is 15.2. The summed E-state index contributed by atoms with van der Waals surface area (Å²) in [6, 6.07) is 11.9. The van der Waals surface area contributed by atoms with Gasteiger partial charge in [-0.1, -0.05) is 30.3 Å². The van der Waals surface area contributed by atoms with Crippen LogP contribution >= 0.6 is 0 Å². The van der Waals surface area contributed by atoms with E-state index in [0.717, 1.165) is 16.7 Å². The smallest absolute Gasteiger partial charge is 0.240 e. The summed E-state index contributed by atoms with van der Waals surface area (Å²) in [5.74, 6) is 0.807. The van der Waals surface area contributed by atoms with Crippen LogP contribution in [0.4, 0.5) is 5.95 Å². The van der Waals surface area contributed by atoms with Crippen molar-refractivity contribution < 1.29 is 9.47 Å². The minimum atomic E-state index is -0.153. The Kier molecular flexibility index (Phi) is 4.94. The molecule has 0 fully saturated rings. The fourth-order valence-electron chi connectivity index (χ4n) is 3.03. The molecule has 0 amide bonds. The normalized spacial score (nSPS) is 12.4. The van der Waals surface area contributed by atoms with Crippen LogP contribution in [0.25, 0.3) is 16.8 Å². The Morgan fingerprint density at radius 1 is 1.18 bits per heavy atom. The van der Waals surface area contributed by atoms with Gasteiger partial charge in [0.2, 0.25) is 5.95 Å². The van der Waals surface area contributed by atoms with Gasteiger partial charge in [0, 0.05) is 30.1 Å². The fourth-order valence-corrected chi connectivity index (χ4v) is 3.03. The highest BCUT2D eigenvalue weighted by atomic mass is 16.5. The Labute approximate surface area is 162 Å². The molecule has 1 atom stereocenters. The van der Waals surface area contributed by atoms with Crippen molar-refractivity contribution in [2.24, 2.45) is 0 Å². The van der Waals surface area contributed by atoms with E-state index in [1.165, 1.54) is 0 Å². The van der Waals surface area contributed by atoms with Gasteiger partial charge in [-0.25, -0.2) is 9.20 Å². The van der Waals surface area contributed by atoms with Crippen molar-refractivity contribution in [1.82, 2.24) is 24.4 Å². The van der Waals surface area contributed by atoms with E-state index in [-0.39, 0.29) is 12.2 Å². The largest absolute Gasteiger partial charge is 0.484 e. The van der Waals surface area contributed by atoms with Gasteiger partial charge < -0.3 is 15.2 Å². The summed E-state index contributed by atoms with van der Waals surface area (Å²) in [5, 5.41) is 8.61. The maximum absolute atomic E-state index is 6.17. The molecule has 0 aliphatic heterocycles. The lowest BCUT2D eigenvalue weighted by atomic mass is 10.1. The second-order valence-electron chi connectivity index (χ2n) is 6.33. The Hall–Kier alpha value is -3.39. The molecule has 0 spiro atoms. The van der Waals surface area contributed by atoms with E-state index in [1.54, 1.807) is 15.4 Å². The highest BCUT2D eigenvalue weighted by Gasteiger charge is 2.17. The first-order chi connectivity index (χ1) is 13.7. The number of nitrogens with two attached hydrogens (primary N) is 1. The molecule has 28 heavy (non-hydrogen) atoms. The molecule has 144 valence electrons. The van der Waals surface area contributed by atoms with Crippen molar-refractivity contribution in [3.8, 4) is 16.9 Å². The lowest BCUT2D eigenvalue weighted by Crippen LogP contribution is -2.09. The van der Waals surface area contributed by atoms with Gasteiger partial charge in [0.25, 0.3) is 0 Å². The molecule has 2 N–H and O–H groups in total. The molecule has 4 aromatic rings. The Morgan fingerprint density at radius 2 is 2.00 bits per heavy atom. The SMILES string of the molecule is CCOC(C)n1cc(-c2ccn3nc(N)nc3c2OCc2ccccc2)cn1. The number of hydrogen-bond acceptors (Lipinski definition) is 6. The Morgan fingerprint density at radius 3 is 2.79 bits per heavy atom. The van der Waals surface area contributed by atoms with Crippen LogP contribution in [-0.4, -0.2) is 31.0 Å². The van der Waals surface area contributed by atoms with Crippen LogP contribution < -0.4 is 10.5 Å². The van der Waals surface area contributed by atoms with Crippen LogP contribution in [0.15, 0.2) is 55.0 Å². The Bertz CT molecular complexity index is 1070. The molecule has 8 nitrogen and oxygen atoms in total. The number of nitrogens with zero attached hydrogens (tertiary/aromatic N) is 5. The number of pyridine rings is 1. The molecule has 1 aromatic carbocycles. The number of ether oxygens (including phenoxy) is 2. The molecule has 0 aliphatic rings. The zero-order valence-electron chi connectivity index (χ0n) is 15.8. The molecule has 3 aromatic heterocycles. The minimum Gasteiger partial charge on any atom is -0.484 e. The van der Waals surface area contributed by atoms with Crippen LogP contribution in [-0.2, 0) is 11.3 Å². The highest BCUT2D eigenvalue weighted by Crippen LogP contribution is 2.34. The van der Waals surface area contributed by atoms with Crippen molar-refractivity contribution in [3.63, 3.8) is 0 Å². The molecule has 0 saturated heterocycles. The van der Waals surface area contributed by atoms with E-state index in [9.17, 15) is 0 Å². The van der Waals surface area contributed by atoms with Gasteiger partial charge in [0.15, 0.2) is 11.4 Å². The van der Waals surface area contributed by atoms with Crippen molar-refractivity contribution in [2.75, 3.05) is 12.3 Å². The van der Waals surface area contributed by atoms with E-state index in [2.05, 4.69) is 15.2 Å². The zero-order valence-corrected chi connectivity index (χ0v) is 15.8. The monoisotopic (exact) mass is 378 g/mol. The molecule has 3 heterocycles. The minimum absolute atomic E-state index is 0.153. The third-order valence-electron chi connectivity index (χ3n) is 4.40. The summed E-state index contributed by atoms with van der Waals surface area (Å²) in [4.78, 5) is 4.34. The maximum Gasteiger partial charge on any atom is 0.240 e.